The van der Waals surface area contributed by atoms with Gasteiger partial charge in [0.15, 0.2) is 0 Å². The van der Waals surface area contributed by atoms with Crippen LogP contribution in [0.2, 0.25) is 0 Å². The molecule has 5 nitrogen and oxygen atoms in total. The van der Waals surface area contributed by atoms with Crippen molar-refractivity contribution < 1.29 is 20.1 Å². The van der Waals surface area contributed by atoms with E-state index in [1.807, 2.05) is 6.08 Å². The molecular weight excluding hydrogens is 643 g/mol. The highest BCUT2D eigenvalue weighted by Gasteiger charge is 2.20. The van der Waals surface area contributed by atoms with Crippen molar-refractivity contribution in [3.63, 3.8) is 0 Å². The summed E-state index contributed by atoms with van der Waals surface area (Å²) in [5.41, 5.74) is 0. The molecule has 1 amide bonds. The third-order valence-electron chi connectivity index (χ3n) is 10.7. The molecule has 0 saturated carbocycles. The number of amides is 1. The van der Waals surface area contributed by atoms with Crippen LogP contribution in [0.25, 0.3) is 0 Å². The van der Waals surface area contributed by atoms with E-state index < -0.39 is 18.2 Å². The lowest BCUT2D eigenvalue weighted by molar-refractivity contribution is -0.124. The molecule has 0 aromatic rings. The summed E-state index contributed by atoms with van der Waals surface area (Å²) >= 11 is 0. The van der Waals surface area contributed by atoms with Crippen LogP contribution in [0.1, 0.15) is 245 Å². The molecule has 0 bridgehead atoms. The number of carbonyl (C=O) groups excluding carboxylic acids is 1. The van der Waals surface area contributed by atoms with Gasteiger partial charge in [0, 0.05) is 0 Å². The van der Waals surface area contributed by atoms with Crippen LogP contribution in [-0.4, -0.2) is 46.1 Å². The van der Waals surface area contributed by atoms with Crippen LogP contribution in [0.4, 0.5) is 0 Å². The van der Waals surface area contributed by atoms with E-state index >= 15 is 0 Å². The second kappa shape index (κ2) is 42.6. The van der Waals surface area contributed by atoms with Crippen molar-refractivity contribution in [2.75, 3.05) is 6.61 Å². The number of hydrogen-bond acceptors (Lipinski definition) is 4. The Labute approximate surface area is 324 Å². The van der Waals surface area contributed by atoms with Gasteiger partial charge < -0.3 is 20.6 Å². The average Bonchev–Trinajstić information content (AvgIpc) is 3.14. The van der Waals surface area contributed by atoms with Crippen LogP contribution in [0.15, 0.2) is 24.3 Å². The lowest BCUT2D eigenvalue weighted by Gasteiger charge is -2.21. The monoisotopic (exact) mass is 734 g/mol. The van der Waals surface area contributed by atoms with Gasteiger partial charge in [0.25, 0.3) is 0 Å². The summed E-state index contributed by atoms with van der Waals surface area (Å²) in [6.07, 6.45) is 51.9. The fraction of sp³-hybridized carbons (Fsp3) is 0.894. The standard InChI is InChI=1S/C47H91NO4/c1-3-5-7-9-11-13-15-17-19-20-21-22-23-24-25-26-27-29-31-33-35-37-39-41-46(51)45(43-49)48-47(52)42-44(50)40-38-36-34-32-30-28-18-16-14-12-10-8-6-4-2/h28,30,39,41,44-46,49-51H,3-27,29,31-38,40,42-43H2,1-2H3,(H,48,52)/b30-28-,41-39+. The molecule has 0 heterocycles. The van der Waals surface area contributed by atoms with Crippen molar-refractivity contribution in [1.29, 1.82) is 0 Å². The number of allylic oxidation sites excluding steroid dienone is 3. The first-order chi connectivity index (χ1) is 25.5. The molecule has 0 fully saturated rings. The molecule has 0 aliphatic carbocycles. The summed E-state index contributed by atoms with van der Waals surface area (Å²) in [6, 6.07) is -0.747. The molecule has 0 spiro atoms. The predicted octanol–water partition coefficient (Wildman–Crippen LogP) is 13.4. The first kappa shape index (κ1) is 50.8. The van der Waals surface area contributed by atoms with Gasteiger partial charge in [-0.05, 0) is 44.9 Å². The minimum Gasteiger partial charge on any atom is -0.394 e. The van der Waals surface area contributed by atoms with E-state index in [4.69, 9.17) is 0 Å². The number of rotatable bonds is 42. The average molecular weight is 734 g/mol. The van der Waals surface area contributed by atoms with E-state index in [0.717, 1.165) is 38.5 Å². The first-order valence-electron chi connectivity index (χ1n) is 23.1. The largest absolute Gasteiger partial charge is 0.394 e. The minimum absolute atomic E-state index is 0.00468. The minimum atomic E-state index is -0.931. The van der Waals surface area contributed by atoms with Crippen molar-refractivity contribution in [1.82, 2.24) is 5.32 Å². The molecule has 0 radical (unpaired) electrons. The molecular formula is C47H91NO4. The molecule has 0 aliphatic heterocycles. The number of carbonyl (C=O) groups is 1. The molecule has 0 rings (SSSR count). The van der Waals surface area contributed by atoms with Crippen LogP contribution in [0, 0.1) is 0 Å². The smallest absolute Gasteiger partial charge is 0.222 e. The molecule has 3 atom stereocenters. The molecule has 4 N–H and O–H groups in total. The summed E-state index contributed by atoms with van der Waals surface area (Å²) in [5.74, 6) is -0.323. The van der Waals surface area contributed by atoms with E-state index in [1.54, 1.807) is 6.08 Å². The highest BCUT2D eigenvalue weighted by molar-refractivity contribution is 5.76. The number of aliphatic hydroxyl groups excluding tert-OH is 3. The maximum absolute atomic E-state index is 12.4. The Morgan fingerprint density at radius 3 is 1.17 bits per heavy atom. The molecule has 3 unspecified atom stereocenters. The Kier molecular flexibility index (Phi) is 41.6. The second-order valence-corrected chi connectivity index (χ2v) is 16.0. The lowest BCUT2D eigenvalue weighted by atomic mass is 10.0. The van der Waals surface area contributed by atoms with E-state index in [-0.39, 0.29) is 18.9 Å². The third-order valence-corrected chi connectivity index (χ3v) is 10.7. The highest BCUT2D eigenvalue weighted by Crippen LogP contribution is 2.16. The fourth-order valence-corrected chi connectivity index (χ4v) is 7.16. The van der Waals surface area contributed by atoms with Gasteiger partial charge >= 0.3 is 0 Å². The Bertz CT molecular complexity index is 768. The van der Waals surface area contributed by atoms with Crippen LogP contribution in [-0.2, 0) is 4.79 Å². The van der Waals surface area contributed by atoms with Gasteiger partial charge in [0.2, 0.25) is 5.91 Å². The zero-order valence-corrected chi connectivity index (χ0v) is 35.0. The molecule has 0 aliphatic rings. The summed E-state index contributed by atoms with van der Waals surface area (Å²) in [4.78, 5) is 12.4. The quantitative estimate of drug-likeness (QED) is 0.0371. The molecule has 308 valence electrons. The van der Waals surface area contributed by atoms with Crippen LogP contribution in [0.5, 0.6) is 0 Å². The van der Waals surface area contributed by atoms with Crippen molar-refractivity contribution >= 4 is 5.91 Å². The molecule has 52 heavy (non-hydrogen) atoms. The summed E-state index contributed by atoms with van der Waals surface area (Å²) in [6.45, 7) is 4.22. The van der Waals surface area contributed by atoms with Gasteiger partial charge in [-0.25, -0.2) is 0 Å². The van der Waals surface area contributed by atoms with Gasteiger partial charge in [-0.1, -0.05) is 218 Å². The number of nitrogens with one attached hydrogen (secondary N) is 1. The first-order valence-corrected chi connectivity index (χ1v) is 23.1. The van der Waals surface area contributed by atoms with Crippen molar-refractivity contribution in [3.8, 4) is 0 Å². The number of aliphatic hydroxyl groups is 3. The van der Waals surface area contributed by atoms with Gasteiger partial charge in [0.1, 0.15) is 0 Å². The van der Waals surface area contributed by atoms with Gasteiger partial charge in [-0.15, -0.1) is 0 Å². The van der Waals surface area contributed by atoms with Gasteiger partial charge in [-0.2, -0.15) is 0 Å². The van der Waals surface area contributed by atoms with E-state index in [0.29, 0.717) is 6.42 Å². The Hall–Kier alpha value is -1.17. The Balaban J connectivity index is 3.63. The summed E-state index contributed by atoms with van der Waals surface area (Å²) < 4.78 is 0. The van der Waals surface area contributed by atoms with Crippen molar-refractivity contribution in [3.05, 3.63) is 24.3 Å². The second-order valence-electron chi connectivity index (χ2n) is 16.0. The SMILES string of the molecule is CCCCCCCCC/C=C\CCCCCC(O)CC(=O)NC(CO)C(O)/C=C/CCCCCCCCCCCCCCCCCCCCCCC. The maximum Gasteiger partial charge on any atom is 0.222 e. The van der Waals surface area contributed by atoms with Gasteiger partial charge in [0.05, 0.1) is 31.3 Å². The zero-order chi connectivity index (χ0) is 38.0. The van der Waals surface area contributed by atoms with Crippen LogP contribution >= 0.6 is 0 Å². The third kappa shape index (κ3) is 38.6. The maximum atomic E-state index is 12.4. The van der Waals surface area contributed by atoms with E-state index in [9.17, 15) is 20.1 Å². The van der Waals surface area contributed by atoms with Gasteiger partial charge in [-0.3, -0.25) is 4.79 Å². The Morgan fingerprint density at radius 1 is 0.481 bits per heavy atom. The predicted molar refractivity (Wildman–Crippen MR) is 227 cm³/mol. The molecule has 0 saturated heterocycles. The lowest BCUT2D eigenvalue weighted by Crippen LogP contribution is -2.45. The molecule has 5 heteroatoms. The van der Waals surface area contributed by atoms with Crippen molar-refractivity contribution in [2.24, 2.45) is 0 Å². The van der Waals surface area contributed by atoms with E-state index in [2.05, 4.69) is 31.3 Å². The number of unbranched alkanes of at least 4 members (excludes halogenated alkanes) is 31. The highest BCUT2D eigenvalue weighted by atomic mass is 16.3. The normalized spacial score (nSPS) is 13.7. The van der Waals surface area contributed by atoms with E-state index in [1.165, 1.54) is 180 Å². The van der Waals surface area contributed by atoms with Crippen LogP contribution < -0.4 is 5.32 Å². The zero-order valence-electron chi connectivity index (χ0n) is 35.0. The molecule has 0 aromatic carbocycles. The Morgan fingerprint density at radius 2 is 0.808 bits per heavy atom. The van der Waals surface area contributed by atoms with Crippen LogP contribution in [0.3, 0.4) is 0 Å². The van der Waals surface area contributed by atoms with Crippen molar-refractivity contribution in [2.45, 2.75) is 263 Å². The fourth-order valence-electron chi connectivity index (χ4n) is 7.16. The topological polar surface area (TPSA) is 89.8 Å². The summed E-state index contributed by atoms with van der Waals surface area (Å²) in [7, 11) is 0. The number of hydrogen-bond donors (Lipinski definition) is 4. The molecule has 0 aromatic heterocycles. The summed E-state index contributed by atoms with van der Waals surface area (Å²) in [5, 5.41) is 33.2.